The third kappa shape index (κ3) is 1.61. The molecule has 1 heterocycles. The van der Waals surface area contributed by atoms with Gasteiger partial charge in [-0.3, -0.25) is 0 Å². The number of nitrogens with zero attached hydrogens (tertiary/aromatic N) is 2. The van der Waals surface area contributed by atoms with Crippen LogP contribution in [0.3, 0.4) is 0 Å². The summed E-state index contributed by atoms with van der Waals surface area (Å²) in [6, 6.07) is 9.17. The van der Waals surface area contributed by atoms with Crippen molar-refractivity contribution < 1.29 is 0 Å². The molecule has 0 fully saturated rings. The molecule has 0 aliphatic heterocycles. The van der Waals surface area contributed by atoms with Crippen LogP contribution in [0.4, 0.5) is 0 Å². The summed E-state index contributed by atoms with van der Waals surface area (Å²) in [6.07, 6.45) is 3.85. The molecule has 0 N–H and O–H groups in total. The summed E-state index contributed by atoms with van der Waals surface area (Å²) < 4.78 is 1.85. The monoisotopic (exact) mass is 171 g/mol. The van der Waals surface area contributed by atoms with Crippen LogP contribution in [0.1, 0.15) is 11.1 Å². The van der Waals surface area contributed by atoms with Crippen LogP contribution in [0.25, 0.3) is 5.69 Å². The van der Waals surface area contributed by atoms with E-state index in [4.69, 9.17) is 0 Å². The zero-order valence-electron chi connectivity index (χ0n) is 7.78. The van der Waals surface area contributed by atoms with E-state index in [1.807, 2.05) is 49.1 Å². The molecule has 13 heavy (non-hydrogen) atoms. The van der Waals surface area contributed by atoms with Gasteiger partial charge in [-0.2, -0.15) is 5.10 Å². The van der Waals surface area contributed by atoms with E-state index in [1.165, 1.54) is 5.56 Å². The first-order valence-corrected chi connectivity index (χ1v) is 4.26. The molecule has 0 amide bonds. The highest BCUT2D eigenvalue weighted by atomic mass is 15.3. The lowest BCUT2D eigenvalue weighted by Crippen LogP contribution is -1.93. The molecule has 65 valence electrons. The molecule has 0 atom stereocenters. The molecule has 0 bridgehead atoms. The van der Waals surface area contributed by atoms with Crippen LogP contribution in [0, 0.1) is 19.9 Å². The first-order valence-electron chi connectivity index (χ1n) is 4.26. The molecule has 2 rings (SSSR count). The van der Waals surface area contributed by atoms with E-state index < -0.39 is 0 Å². The maximum absolute atomic E-state index is 4.21. The number of aryl methyl sites for hydroxylation is 2. The minimum absolute atomic E-state index is 1.05. The first-order chi connectivity index (χ1) is 6.25. The van der Waals surface area contributed by atoms with E-state index in [0.29, 0.717) is 0 Å². The van der Waals surface area contributed by atoms with E-state index >= 15 is 0 Å². The smallest absolute Gasteiger partial charge is 0.0652 e. The van der Waals surface area contributed by atoms with Gasteiger partial charge in [0.25, 0.3) is 0 Å². The fraction of sp³-hybridized carbons (Fsp3) is 0.182. The van der Waals surface area contributed by atoms with Crippen molar-refractivity contribution in [2.45, 2.75) is 13.8 Å². The van der Waals surface area contributed by atoms with Crippen LogP contribution < -0.4 is 0 Å². The van der Waals surface area contributed by atoms with Crippen molar-refractivity contribution in [3.63, 3.8) is 0 Å². The van der Waals surface area contributed by atoms with Crippen LogP contribution in [0.5, 0.6) is 0 Å². The molecule has 0 unspecified atom stereocenters. The van der Waals surface area contributed by atoms with E-state index in [2.05, 4.69) is 11.2 Å². The summed E-state index contributed by atoms with van der Waals surface area (Å²) in [5.74, 6) is 0. The van der Waals surface area contributed by atoms with Gasteiger partial charge in [0, 0.05) is 6.20 Å². The van der Waals surface area contributed by atoms with Gasteiger partial charge in [0.1, 0.15) is 0 Å². The van der Waals surface area contributed by atoms with E-state index in [0.717, 1.165) is 11.3 Å². The summed E-state index contributed by atoms with van der Waals surface area (Å²) in [7, 11) is 0. The van der Waals surface area contributed by atoms with Gasteiger partial charge >= 0.3 is 0 Å². The molecule has 0 saturated carbocycles. The predicted molar refractivity (Wildman–Crippen MR) is 51.9 cm³/mol. The average molecular weight is 171 g/mol. The Balaban J connectivity index is 2.41. The van der Waals surface area contributed by atoms with Gasteiger partial charge in [-0.1, -0.05) is 6.07 Å². The molecule has 2 heteroatoms. The third-order valence-electron chi connectivity index (χ3n) is 1.93. The number of aromatic nitrogens is 2. The van der Waals surface area contributed by atoms with Crippen molar-refractivity contribution in [1.29, 1.82) is 0 Å². The number of hydrogen-bond donors (Lipinski definition) is 0. The molecule has 2 nitrogen and oxygen atoms in total. The van der Waals surface area contributed by atoms with Crippen molar-refractivity contribution >= 4 is 0 Å². The van der Waals surface area contributed by atoms with Gasteiger partial charge in [-0.25, -0.2) is 4.68 Å². The summed E-state index contributed by atoms with van der Waals surface area (Å²) in [4.78, 5) is 0. The molecule has 0 saturated heterocycles. The van der Waals surface area contributed by atoms with E-state index in [9.17, 15) is 0 Å². The predicted octanol–water partition coefficient (Wildman–Crippen LogP) is 2.29. The quantitative estimate of drug-likeness (QED) is 0.643. The Morgan fingerprint density at radius 3 is 2.69 bits per heavy atom. The fourth-order valence-corrected chi connectivity index (χ4v) is 1.19. The highest BCUT2D eigenvalue weighted by Crippen LogP contribution is 2.08. The number of benzene rings is 1. The number of hydrogen-bond acceptors (Lipinski definition) is 1. The Morgan fingerprint density at radius 2 is 2.15 bits per heavy atom. The Bertz CT molecular complexity index is 398. The molecular formula is C11H11N2. The fourth-order valence-electron chi connectivity index (χ4n) is 1.19. The second-order valence-corrected chi connectivity index (χ2v) is 3.19. The van der Waals surface area contributed by atoms with Crippen molar-refractivity contribution in [2.24, 2.45) is 0 Å². The first kappa shape index (κ1) is 8.05. The molecule has 1 aromatic heterocycles. The summed E-state index contributed by atoms with van der Waals surface area (Å²) >= 11 is 0. The van der Waals surface area contributed by atoms with Crippen LogP contribution in [0.15, 0.2) is 30.6 Å². The highest BCUT2D eigenvalue weighted by molar-refractivity contribution is 5.33. The van der Waals surface area contributed by atoms with Crippen molar-refractivity contribution in [3.8, 4) is 5.69 Å². The van der Waals surface area contributed by atoms with Gasteiger partial charge < -0.3 is 0 Å². The Morgan fingerprint density at radius 1 is 1.31 bits per heavy atom. The van der Waals surface area contributed by atoms with E-state index in [1.54, 1.807) is 0 Å². The van der Waals surface area contributed by atoms with Gasteiger partial charge in [0.05, 0.1) is 11.9 Å². The molecule has 1 aromatic carbocycles. The van der Waals surface area contributed by atoms with Crippen LogP contribution in [0.2, 0.25) is 0 Å². The maximum Gasteiger partial charge on any atom is 0.0652 e. The second kappa shape index (κ2) is 3.05. The molecular weight excluding hydrogens is 160 g/mol. The SMILES string of the molecule is Cc1[c]cc(-n2cc(C)cn2)cc1. The van der Waals surface area contributed by atoms with Crippen molar-refractivity contribution in [2.75, 3.05) is 0 Å². The normalized spacial score (nSPS) is 10.3. The molecule has 0 spiro atoms. The average Bonchev–Trinajstić information content (AvgIpc) is 2.53. The number of rotatable bonds is 1. The molecule has 2 aromatic rings. The Labute approximate surface area is 77.8 Å². The van der Waals surface area contributed by atoms with Crippen LogP contribution in [-0.2, 0) is 0 Å². The summed E-state index contributed by atoms with van der Waals surface area (Å²) in [5.41, 5.74) is 3.37. The van der Waals surface area contributed by atoms with Gasteiger partial charge in [-0.15, -0.1) is 0 Å². The van der Waals surface area contributed by atoms with Gasteiger partial charge in [-0.05, 0) is 43.2 Å². The molecule has 0 aliphatic rings. The standard InChI is InChI=1S/C11H11N2/c1-9-3-5-11(6-4-9)13-8-10(2)7-12-13/h3,5-8H,1-2H3. The summed E-state index contributed by atoms with van der Waals surface area (Å²) in [5, 5.41) is 4.21. The maximum atomic E-state index is 4.21. The minimum atomic E-state index is 1.05. The highest BCUT2D eigenvalue weighted by Gasteiger charge is 1.96. The zero-order valence-corrected chi connectivity index (χ0v) is 7.78. The zero-order chi connectivity index (χ0) is 9.26. The Kier molecular flexibility index (Phi) is 1.89. The lowest BCUT2D eigenvalue weighted by molar-refractivity contribution is 0.879. The van der Waals surface area contributed by atoms with Crippen molar-refractivity contribution in [1.82, 2.24) is 9.78 Å². The lowest BCUT2D eigenvalue weighted by Gasteiger charge is -1.99. The third-order valence-corrected chi connectivity index (χ3v) is 1.93. The van der Waals surface area contributed by atoms with E-state index in [-0.39, 0.29) is 0 Å². The molecule has 0 aliphatic carbocycles. The summed E-state index contributed by atoms with van der Waals surface area (Å²) in [6.45, 7) is 4.06. The Hall–Kier alpha value is -1.57. The largest absolute Gasteiger partial charge is 0.241 e. The molecule has 1 radical (unpaired) electrons. The van der Waals surface area contributed by atoms with Crippen molar-refractivity contribution in [3.05, 3.63) is 47.8 Å². The second-order valence-electron chi connectivity index (χ2n) is 3.19. The van der Waals surface area contributed by atoms with Gasteiger partial charge in [0.15, 0.2) is 0 Å². The van der Waals surface area contributed by atoms with Gasteiger partial charge in [0.2, 0.25) is 0 Å². The van der Waals surface area contributed by atoms with Crippen LogP contribution in [-0.4, -0.2) is 9.78 Å². The minimum Gasteiger partial charge on any atom is -0.241 e. The van der Waals surface area contributed by atoms with Crippen LogP contribution >= 0.6 is 0 Å². The lowest BCUT2D eigenvalue weighted by atomic mass is 10.2. The topological polar surface area (TPSA) is 17.8 Å².